The summed E-state index contributed by atoms with van der Waals surface area (Å²) in [6, 6.07) is 8.35. The van der Waals surface area contributed by atoms with Gasteiger partial charge in [0.1, 0.15) is 0 Å². The Kier molecular flexibility index (Phi) is 2.11. The summed E-state index contributed by atoms with van der Waals surface area (Å²) in [7, 11) is 0. The highest BCUT2D eigenvalue weighted by Crippen LogP contribution is 2.24. The number of rotatable bonds is 2. The highest BCUT2D eigenvalue weighted by Gasteiger charge is 1.99. The van der Waals surface area contributed by atoms with Crippen LogP contribution in [0.2, 0.25) is 0 Å². The molecule has 0 saturated heterocycles. The smallest absolute Gasteiger partial charge is 0.0471 e. The van der Waals surface area contributed by atoms with Crippen LogP contribution in [0.25, 0.3) is 10.1 Å². The molecule has 0 amide bonds. The lowest BCUT2D eigenvalue weighted by atomic mass is 10.1. The third-order valence-corrected chi connectivity index (χ3v) is 2.85. The number of hydrogen-bond donors (Lipinski definition) is 1. The van der Waals surface area contributed by atoms with Crippen molar-refractivity contribution in [2.75, 3.05) is 6.61 Å². The van der Waals surface area contributed by atoms with Crippen LogP contribution >= 0.6 is 11.3 Å². The maximum atomic E-state index is 8.82. The molecule has 2 heteroatoms. The number of aliphatic hydroxyl groups is 1. The van der Waals surface area contributed by atoms with Crippen molar-refractivity contribution in [1.29, 1.82) is 0 Å². The van der Waals surface area contributed by atoms with Gasteiger partial charge in [0, 0.05) is 11.3 Å². The predicted octanol–water partition coefficient (Wildman–Crippen LogP) is 2.44. The quantitative estimate of drug-likeness (QED) is 0.748. The molecular formula is C10H10OS. The lowest BCUT2D eigenvalue weighted by molar-refractivity contribution is 0.300. The highest BCUT2D eigenvalue weighted by molar-refractivity contribution is 7.17. The molecule has 0 fully saturated rings. The van der Waals surface area contributed by atoms with E-state index < -0.39 is 0 Å². The molecule has 2 rings (SSSR count). The molecule has 2 aromatic rings. The Morgan fingerprint density at radius 1 is 1.25 bits per heavy atom. The molecule has 0 unspecified atom stereocenters. The first-order valence-electron chi connectivity index (χ1n) is 3.98. The van der Waals surface area contributed by atoms with Gasteiger partial charge in [-0.15, -0.1) is 11.3 Å². The second-order valence-electron chi connectivity index (χ2n) is 2.72. The molecule has 62 valence electrons. The summed E-state index contributed by atoms with van der Waals surface area (Å²) >= 11 is 1.75. The minimum Gasteiger partial charge on any atom is -0.396 e. The van der Waals surface area contributed by atoms with E-state index in [1.165, 1.54) is 15.6 Å². The van der Waals surface area contributed by atoms with E-state index in [1.54, 1.807) is 11.3 Å². The van der Waals surface area contributed by atoms with Gasteiger partial charge in [-0.3, -0.25) is 0 Å². The van der Waals surface area contributed by atoms with Crippen molar-refractivity contribution in [2.45, 2.75) is 6.42 Å². The average Bonchev–Trinajstić information content (AvgIpc) is 2.53. The molecule has 0 aliphatic rings. The summed E-state index contributed by atoms with van der Waals surface area (Å²) in [4.78, 5) is 0. The van der Waals surface area contributed by atoms with E-state index in [1.807, 2.05) is 6.07 Å². The Bertz CT molecular complexity index is 378. The second kappa shape index (κ2) is 3.25. The Hall–Kier alpha value is -0.860. The van der Waals surface area contributed by atoms with Crippen molar-refractivity contribution >= 4 is 21.4 Å². The Labute approximate surface area is 75.3 Å². The maximum Gasteiger partial charge on any atom is 0.0471 e. The van der Waals surface area contributed by atoms with Crippen LogP contribution in [0.5, 0.6) is 0 Å². The highest BCUT2D eigenvalue weighted by atomic mass is 32.1. The molecule has 1 aromatic carbocycles. The first-order valence-corrected chi connectivity index (χ1v) is 4.86. The number of aliphatic hydroxyl groups excluding tert-OH is 1. The SMILES string of the molecule is OCCc1cccc2sccc12. The number of fused-ring (bicyclic) bond motifs is 1. The largest absolute Gasteiger partial charge is 0.396 e. The zero-order valence-electron chi connectivity index (χ0n) is 6.66. The zero-order chi connectivity index (χ0) is 8.39. The van der Waals surface area contributed by atoms with Crippen LogP contribution in [0.4, 0.5) is 0 Å². The van der Waals surface area contributed by atoms with Gasteiger partial charge >= 0.3 is 0 Å². The standard InChI is InChI=1S/C10H10OS/c11-6-4-8-2-1-3-10-9(8)5-7-12-10/h1-3,5,7,11H,4,6H2. The van der Waals surface area contributed by atoms with Crippen LogP contribution in [0, 0.1) is 0 Å². The summed E-state index contributed by atoms with van der Waals surface area (Å²) in [5.41, 5.74) is 1.25. The lowest BCUT2D eigenvalue weighted by Gasteiger charge is -1.99. The summed E-state index contributed by atoms with van der Waals surface area (Å²) in [5.74, 6) is 0. The first-order chi connectivity index (χ1) is 5.92. The molecule has 0 radical (unpaired) electrons. The van der Waals surface area contributed by atoms with Gasteiger partial charge in [-0.25, -0.2) is 0 Å². The molecule has 0 spiro atoms. The van der Waals surface area contributed by atoms with E-state index in [9.17, 15) is 0 Å². The van der Waals surface area contributed by atoms with Gasteiger partial charge in [0.25, 0.3) is 0 Å². The third-order valence-electron chi connectivity index (χ3n) is 1.97. The van der Waals surface area contributed by atoms with Crippen LogP contribution in [-0.4, -0.2) is 11.7 Å². The topological polar surface area (TPSA) is 20.2 Å². The van der Waals surface area contributed by atoms with Crippen LogP contribution in [-0.2, 0) is 6.42 Å². The second-order valence-corrected chi connectivity index (χ2v) is 3.67. The zero-order valence-corrected chi connectivity index (χ0v) is 7.47. The van der Waals surface area contributed by atoms with E-state index in [2.05, 4.69) is 23.6 Å². The van der Waals surface area contributed by atoms with Gasteiger partial charge in [0.15, 0.2) is 0 Å². The minimum absolute atomic E-state index is 0.231. The van der Waals surface area contributed by atoms with E-state index in [0.717, 1.165) is 6.42 Å². The van der Waals surface area contributed by atoms with Crippen LogP contribution in [0.3, 0.4) is 0 Å². The summed E-state index contributed by atoms with van der Waals surface area (Å²) in [6.07, 6.45) is 0.758. The van der Waals surface area contributed by atoms with Crippen molar-refractivity contribution in [1.82, 2.24) is 0 Å². The molecule has 12 heavy (non-hydrogen) atoms. The Balaban J connectivity index is 2.57. The van der Waals surface area contributed by atoms with Gasteiger partial charge in [-0.2, -0.15) is 0 Å². The summed E-state index contributed by atoms with van der Waals surface area (Å²) in [6.45, 7) is 0.231. The van der Waals surface area contributed by atoms with Gasteiger partial charge < -0.3 is 5.11 Å². The van der Waals surface area contributed by atoms with Gasteiger partial charge in [-0.05, 0) is 34.9 Å². The fraction of sp³-hybridized carbons (Fsp3) is 0.200. The predicted molar refractivity (Wildman–Crippen MR) is 52.6 cm³/mol. The van der Waals surface area contributed by atoms with Crippen molar-refractivity contribution in [3.63, 3.8) is 0 Å². The van der Waals surface area contributed by atoms with Crippen LogP contribution < -0.4 is 0 Å². The van der Waals surface area contributed by atoms with Crippen molar-refractivity contribution < 1.29 is 5.11 Å². The van der Waals surface area contributed by atoms with Crippen molar-refractivity contribution in [3.8, 4) is 0 Å². The maximum absolute atomic E-state index is 8.82. The first kappa shape index (κ1) is 7.77. The normalized spacial score (nSPS) is 10.8. The van der Waals surface area contributed by atoms with Gasteiger partial charge in [0.05, 0.1) is 0 Å². The van der Waals surface area contributed by atoms with Crippen LogP contribution in [0.15, 0.2) is 29.6 Å². The molecule has 0 atom stereocenters. The third kappa shape index (κ3) is 1.24. The Morgan fingerprint density at radius 3 is 3.00 bits per heavy atom. The number of benzene rings is 1. The van der Waals surface area contributed by atoms with E-state index in [0.29, 0.717) is 0 Å². The monoisotopic (exact) mass is 178 g/mol. The summed E-state index contributed by atoms with van der Waals surface area (Å²) in [5, 5.41) is 12.2. The van der Waals surface area contributed by atoms with Crippen LogP contribution in [0.1, 0.15) is 5.56 Å². The molecule has 1 heterocycles. The van der Waals surface area contributed by atoms with E-state index in [4.69, 9.17) is 5.11 Å². The molecule has 1 N–H and O–H groups in total. The van der Waals surface area contributed by atoms with Crippen molar-refractivity contribution in [2.24, 2.45) is 0 Å². The fourth-order valence-electron chi connectivity index (χ4n) is 1.40. The fourth-order valence-corrected chi connectivity index (χ4v) is 2.23. The number of hydrogen-bond acceptors (Lipinski definition) is 2. The molecule has 0 aliphatic heterocycles. The van der Waals surface area contributed by atoms with E-state index in [-0.39, 0.29) is 6.61 Å². The molecule has 0 saturated carbocycles. The number of thiophene rings is 1. The summed E-state index contributed by atoms with van der Waals surface area (Å²) < 4.78 is 1.31. The molecule has 0 aliphatic carbocycles. The van der Waals surface area contributed by atoms with E-state index >= 15 is 0 Å². The van der Waals surface area contributed by atoms with Gasteiger partial charge in [0.2, 0.25) is 0 Å². The molecular weight excluding hydrogens is 168 g/mol. The molecule has 1 aromatic heterocycles. The lowest BCUT2D eigenvalue weighted by Crippen LogP contribution is -1.89. The van der Waals surface area contributed by atoms with Crippen molar-refractivity contribution in [3.05, 3.63) is 35.2 Å². The Morgan fingerprint density at radius 2 is 2.17 bits per heavy atom. The average molecular weight is 178 g/mol. The molecule has 1 nitrogen and oxygen atoms in total. The molecule has 0 bridgehead atoms. The van der Waals surface area contributed by atoms with Gasteiger partial charge in [-0.1, -0.05) is 12.1 Å². The minimum atomic E-state index is 0.231.